The lowest BCUT2D eigenvalue weighted by Crippen LogP contribution is -2.25. The molecule has 1 fully saturated rings. The van der Waals surface area contributed by atoms with Crippen molar-refractivity contribution in [1.29, 1.82) is 5.26 Å². The molecule has 1 heterocycles. The van der Waals surface area contributed by atoms with Gasteiger partial charge < -0.3 is 4.98 Å². The fourth-order valence-corrected chi connectivity index (χ4v) is 3.11. The van der Waals surface area contributed by atoms with Crippen LogP contribution < -0.4 is 5.69 Å². The van der Waals surface area contributed by atoms with Crippen molar-refractivity contribution in [1.82, 2.24) is 9.55 Å². The summed E-state index contributed by atoms with van der Waals surface area (Å²) in [6.45, 7) is 2.22. The van der Waals surface area contributed by atoms with Crippen LogP contribution in [0.1, 0.15) is 44.2 Å². The van der Waals surface area contributed by atoms with E-state index in [1.165, 1.54) is 6.07 Å². The molecule has 0 atom stereocenters. The number of aromatic amines is 1. The largest absolute Gasteiger partial charge is 0.326 e. The number of hydrogen-bond donors (Lipinski definition) is 1. The molecule has 104 valence electrons. The lowest BCUT2D eigenvalue weighted by Gasteiger charge is -2.27. The molecule has 0 amide bonds. The minimum absolute atomic E-state index is 0.0387. The van der Waals surface area contributed by atoms with Gasteiger partial charge in [-0.2, -0.15) is 5.26 Å². The molecule has 1 aliphatic carbocycles. The van der Waals surface area contributed by atoms with Crippen LogP contribution in [0, 0.1) is 23.1 Å². The highest BCUT2D eigenvalue weighted by atomic mass is 19.1. The number of H-pyrrole nitrogens is 1. The van der Waals surface area contributed by atoms with Crippen molar-refractivity contribution >= 4 is 11.0 Å². The zero-order valence-corrected chi connectivity index (χ0v) is 11.3. The summed E-state index contributed by atoms with van der Waals surface area (Å²) in [6, 6.07) is 5.02. The van der Waals surface area contributed by atoms with Gasteiger partial charge >= 0.3 is 5.69 Å². The first-order valence-electron chi connectivity index (χ1n) is 6.94. The summed E-state index contributed by atoms with van der Waals surface area (Å²) >= 11 is 0. The smallest absolute Gasteiger partial charge is 0.303 e. The molecule has 4 nitrogen and oxygen atoms in total. The Morgan fingerprint density at radius 2 is 2.05 bits per heavy atom. The Balaban J connectivity index is 2.13. The molecular weight excluding hydrogens is 257 g/mol. The molecule has 5 heteroatoms. The first-order chi connectivity index (χ1) is 9.61. The number of imidazole rings is 1. The molecule has 1 aromatic carbocycles. The average Bonchev–Trinajstić information content (AvgIpc) is 2.78. The predicted octanol–water partition coefficient (Wildman–Crippen LogP) is 3.09. The quantitative estimate of drug-likeness (QED) is 0.867. The number of nitriles is 1. The maximum Gasteiger partial charge on any atom is 0.326 e. The van der Waals surface area contributed by atoms with Crippen LogP contribution in [0.15, 0.2) is 16.9 Å². The fourth-order valence-electron chi connectivity index (χ4n) is 3.11. The van der Waals surface area contributed by atoms with Gasteiger partial charge in [-0.25, -0.2) is 9.18 Å². The molecule has 0 spiro atoms. The van der Waals surface area contributed by atoms with Crippen LogP contribution in [0.4, 0.5) is 4.39 Å². The second-order valence-electron chi connectivity index (χ2n) is 5.65. The summed E-state index contributed by atoms with van der Waals surface area (Å²) in [6.07, 6.45) is 4.05. The first kappa shape index (κ1) is 12.9. The second-order valence-corrected chi connectivity index (χ2v) is 5.65. The number of hydrogen-bond acceptors (Lipinski definition) is 2. The average molecular weight is 273 g/mol. The highest BCUT2D eigenvalue weighted by Gasteiger charge is 2.24. The normalized spacial score (nSPS) is 22.9. The van der Waals surface area contributed by atoms with E-state index in [0.29, 0.717) is 11.4 Å². The molecule has 1 aliphatic rings. The SMILES string of the molecule is C[C@H]1CC[C@H](n2c(=O)[nH]c3c(F)c(C#N)ccc32)CC1. The molecule has 1 N–H and O–H groups in total. The Morgan fingerprint density at radius 1 is 1.35 bits per heavy atom. The number of benzene rings is 1. The van der Waals surface area contributed by atoms with Gasteiger partial charge in [0.1, 0.15) is 11.6 Å². The van der Waals surface area contributed by atoms with Crippen LogP contribution in [0.2, 0.25) is 0 Å². The van der Waals surface area contributed by atoms with Crippen LogP contribution in [-0.2, 0) is 0 Å². The number of nitrogens with one attached hydrogen (secondary N) is 1. The maximum atomic E-state index is 14.1. The Labute approximate surface area is 115 Å². The molecule has 1 aromatic heterocycles. The van der Waals surface area contributed by atoms with Crippen molar-refractivity contribution in [3.63, 3.8) is 0 Å². The number of fused-ring (bicyclic) bond motifs is 1. The predicted molar refractivity (Wildman–Crippen MR) is 73.9 cm³/mol. The lowest BCUT2D eigenvalue weighted by molar-refractivity contribution is 0.290. The summed E-state index contributed by atoms with van der Waals surface area (Å²) in [5.41, 5.74) is 0.385. The summed E-state index contributed by atoms with van der Waals surface area (Å²) < 4.78 is 15.7. The number of halogens is 1. The van der Waals surface area contributed by atoms with E-state index in [1.807, 2.05) is 0 Å². The van der Waals surface area contributed by atoms with Crippen LogP contribution in [0.5, 0.6) is 0 Å². The van der Waals surface area contributed by atoms with Gasteiger partial charge in [0.2, 0.25) is 0 Å². The van der Waals surface area contributed by atoms with Crippen LogP contribution in [0.25, 0.3) is 11.0 Å². The zero-order valence-electron chi connectivity index (χ0n) is 11.3. The Morgan fingerprint density at radius 3 is 2.70 bits per heavy atom. The van der Waals surface area contributed by atoms with E-state index in [9.17, 15) is 9.18 Å². The molecule has 20 heavy (non-hydrogen) atoms. The minimum Gasteiger partial charge on any atom is -0.303 e. The molecule has 2 aromatic rings. The standard InChI is InChI=1S/C15H16FN3O/c1-9-2-5-11(6-3-9)19-12-7-4-10(8-17)13(16)14(12)18-15(19)20/h4,7,9,11H,2-3,5-6H2,1H3,(H,18,20)/t9-,11-. The van der Waals surface area contributed by atoms with Crippen LogP contribution in [-0.4, -0.2) is 9.55 Å². The highest BCUT2D eigenvalue weighted by Crippen LogP contribution is 2.33. The number of nitrogens with zero attached hydrogens (tertiary/aromatic N) is 2. The third-order valence-electron chi connectivity index (χ3n) is 4.30. The molecule has 0 unspecified atom stereocenters. The molecule has 1 saturated carbocycles. The van der Waals surface area contributed by atoms with Gasteiger partial charge in [-0.05, 0) is 43.7 Å². The second kappa shape index (κ2) is 4.78. The molecule has 3 rings (SSSR count). The van der Waals surface area contributed by atoms with Gasteiger partial charge in [0.25, 0.3) is 0 Å². The topological polar surface area (TPSA) is 61.6 Å². The van der Waals surface area contributed by atoms with Crippen molar-refractivity contribution in [2.75, 3.05) is 0 Å². The van der Waals surface area contributed by atoms with E-state index in [1.54, 1.807) is 16.7 Å². The van der Waals surface area contributed by atoms with Gasteiger partial charge in [-0.1, -0.05) is 6.92 Å². The van der Waals surface area contributed by atoms with Gasteiger partial charge in [-0.15, -0.1) is 0 Å². The van der Waals surface area contributed by atoms with Gasteiger partial charge in [0, 0.05) is 6.04 Å². The van der Waals surface area contributed by atoms with E-state index in [0.717, 1.165) is 25.7 Å². The molecule has 0 bridgehead atoms. The number of rotatable bonds is 1. The molecule has 0 saturated heterocycles. The summed E-state index contributed by atoms with van der Waals surface area (Å²) in [5.74, 6) is 0.0547. The summed E-state index contributed by atoms with van der Waals surface area (Å²) in [5, 5.41) is 8.84. The number of aromatic nitrogens is 2. The third-order valence-corrected chi connectivity index (χ3v) is 4.30. The Bertz CT molecular complexity index is 745. The van der Waals surface area contributed by atoms with E-state index in [-0.39, 0.29) is 22.8 Å². The van der Waals surface area contributed by atoms with Crippen LogP contribution >= 0.6 is 0 Å². The lowest BCUT2D eigenvalue weighted by atomic mass is 9.87. The van der Waals surface area contributed by atoms with Crippen LogP contribution in [0.3, 0.4) is 0 Å². The van der Waals surface area contributed by atoms with Gasteiger partial charge in [-0.3, -0.25) is 4.57 Å². The summed E-state index contributed by atoms with van der Waals surface area (Å²) in [4.78, 5) is 14.7. The maximum absolute atomic E-state index is 14.1. The molecular formula is C15H16FN3O. The zero-order chi connectivity index (χ0) is 14.3. The van der Waals surface area contributed by atoms with Crippen molar-refractivity contribution in [3.8, 4) is 6.07 Å². The van der Waals surface area contributed by atoms with E-state index in [4.69, 9.17) is 5.26 Å². The fraction of sp³-hybridized carbons (Fsp3) is 0.467. The van der Waals surface area contributed by atoms with Gasteiger partial charge in [0.15, 0.2) is 5.82 Å². The first-order valence-corrected chi connectivity index (χ1v) is 6.94. The Kier molecular flexibility index (Phi) is 3.09. The van der Waals surface area contributed by atoms with E-state index < -0.39 is 5.82 Å². The summed E-state index contributed by atoms with van der Waals surface area (Å²) in [7, 11) is 0. The van der Waals surface area contributed by atoms with E-state index in [2.05, 4.69) is 11.9 Å². The minimum atomic E-state index is -0.634. The highest BCUT2D eigenvalue weighted by molar-refractivity contribution is 5.78. The Hall–Kier alpha value is -2.09. The van der Waals surface area contributed by atoms with Crippen molar-refractivity contribution in [3.05, 3.63) is 34.0 Å². The van der Waals surface area contributed by atoms with Crippen molar-refractivity contribution in [2.45, 2.75) is 38.6 Å². The van der Waals surface area contributed by atoms with Gasteiger partial charge in [0.05, 0.1) is 11.1 Å². The molecule has 0 radical (unpaired) electrons. The monoisotopic (exact) mass is 273 g/mol. The molecule has 0 aliphatic heterocycles. The van der Waals surface area contributed by atoms with E-state index >= 15 is 0 Å². The van der Waals surface area contributed by atoms with Crippen molar-refractivity contribution < 1.29 is 4.39 Å². The van der Waals surface area contributed by atoms with Crippen molar-refractivity contribution in [2.24, 2.45) is 5.92 Å². The third kappa shape index (κ3) is 1.92.